The SMILES string of the molecule is O=C(O)[C@@H]1CCCN(C2CCC3(C2)C(=O)c2cc(Cl)ccc2Oc2ccccc23)C1. The lowest BCUT2D eigenvalue weighted by atomic mass is 9.73. The number of carbonyl (C=O) groups excluding carboxylic acids is 1. The molecule has 156 valence electrons. The summed E-state index contributed by atoms with van der Waals surface area (Å²) in [6.07, 6.45) is 3.86. The number of fused-ring (bicyclic) bond motifs is 3. The number of rotatable bonds is 2. The van der Waals surface area contributed by atoms with Crippen molar-refractivity contribution in [1.82, 2.24) is 4.90 Å². The first-order valence-corrected chi connectivity index (χ1v) is 10.9. The van der Waals surface area contributed by atoms with Crippen LogP contribution in [0, 0.1) is 5.92 Å². The zero-order valence-electron chi connectivity index (χ0n) is 16.6. The van der Waals surface area contributed by atoms with Crippen molar-refractivity contribution >= 4 is 23.4 Å². The largest absolute Gasteiger partial charge is 0.481 e. The minimum atomic E-state index is -0.722. The van der Waals surface area contributed by atoms with Crippen molar-refractivity contribution < 1.29 is 19.4 Å². The van der Waals surface area contributed by atoms with Crippen LogP contribution in [0.5, 0.6) is 11.5 Å². The van der Waals surface area contributed by atoms with Crippen LogP contribution in [0.3, 0.4) is 0 Å². The molecule has 1 aliphatic carbocycles. The summed E-state index contributed by atoms with van der Waals surface area (Å²) >= 11 is 6.23. The Kier molecular flexibility index (Phi) is 4.83. The van der Waals surface area contributed by atoms with Crippen molar-refractivity contribution in [1.29, 1.82) is 0 Å². The number of carboxylic acids is 1. The molecule has 1 saturated heterocycles. The van der Waals surface area contributed by atoms with Crippen LogP contribution in [0.4, 0.5) is 0 Å². The van der Waals surface area contributed by atoms with Gasteiger partial charge in [0.1, 0.15) is 11.5 Å². The molecule has 0 amide bonds. The summed E-state index contributed by atoms with van der Waals surface area (Å²) < 4.78 is 6.17. The molecule has 0 radical (unpaired) electrons. The Labute approximate surface area is 180 Å². The van der Waals surface area contributed by atoms with Gasteiger partial charge in [-0.3, -0.25) is 14.5 Å². The van der Waals surface area contributed by atoms with E-state index in [1.165, 1.54) is 0 Å². The number of ether oxygens (including phenoxy) is 1. The summed E-state index contributed by atoms with van der Waals surface area (Å²) in [6, 6.07) is 13.2. The van der Waals surface area contributed by atoms with Gasteiger partial charge in [-0.25, -0.2) is 0 Å². The number of Topliss-reactive ketones (excluding diaryl/α,β-unsaturated/α-hetero) is 1. The van der Waals surface area contributed by atoms with E-state index in [2.05, 4.69) is 4.90 Å². The molecule has 6 heteroatoms. The second-order valence-corrected chi connectivity index (χ2v) is 9.16. The Morgan fingerprint density at radius 2 is 2.00 bits per heavy atom. The van der Waals surface area contributed by atoms with E-state index in [1.807, 2.05) is 24.3 Å². The third-order valence-electron chi connectivity index (χ3n) is 7.05. The summed E-state index contributed by atoms with van der Waals surface area (Å²) in [5.41, 5.74) is 0.783. The number of nitrogens with zero attached hydrogens (tertiary/aromatic N) is 1. The molecular weight excluding hydrogens is 402 g/mol. The third-order valence-corrected chi connectivity index (χ3v) is 7.29. The number of hydrogen-bond acceptors (Lipinski definition) is 4. The number of hydrogen-bond donors (Lipinski definition) is 1. The van der Waals surface area contributed by atoms with Gasteiger partial charge in [0.2, 0.25) is 0 Å². The highest BCUT2D eigenvalue weighted by Gasteiger charge is 2.51. The Morgan fingerprint density at radius 1 is 1.17 bits per heavy atom. The predicted octanol–water partition coefficient (Wildman–Crippen LogP) is 4.92. The normalized spacial score (nSPS) is 28.5. The smallest absolute Gasteiger partial charge is 0.307 e. The van der Waals surface area contributed by atoms with Gasteiger partial charge in [-0.2, -0.15) is 0 Å². The number of halogens is 1. The maximum absolute atomic E-state index is 13.9. The summed E-state index contributed by atoms with van der Waals surface area (Å²) in [6.45, 7) is 1.45. The maximum atomic E-state index is 13.9. The van der Waals surface area contributed by atoms with Crippen molar-refractivity contribution in [2.45, 2.75) is 43.6 Å². The minimum absolute atomic E-state index is 0.0549. The van der Waals surface area contributed by atoms with Crippen LogP contribution in [-0.2, 0) is 10.2 Å². The molecule has 3 aliphatic rings. The van der Waals surface area contributed by atoms with E-state index in [0.717, 1.165) is 43.5 Å². The van der Waals surface area contributed by atoms with Gasteiger partial charge in [0.05, 0.1) is 16.9 Å². The molecule has 3 atom stereocenters. The van der Waals surface area contributed by atoms with E-state index < -0.39 is 11.4 Å². The Morgan fingerprint density at radius 3 is 2.83 bits per heavy atom. The highest BCUT2D eigenvalue weighted by molar-refractivity contribution is 6.31. The fraction of sp³-hybridized carbons (Fsp3) is 0.417. The molecule has 2 unspecified atom stereocenters. The van der Waals surface area contributed by atoms with Crippen LogP contribution in [0.25, 0.3) is 0 Å². The van der Waals surface area contributed by atoms with Crippen LogP contribution in [0.15, 0.2) is 42.5 Å². The van der Waals surface area contributed by atoms with Gasteiger partial charge >= 0.3 is 5.97 Å². The zero-order valence-corrected chi connectivity index (χ0v) is 17.4. The highest BCUT2D eigenvalue weighted by atomic mass is 35.5. The first kappa shape index (κ1) is 19.6. The number of ketones is 1. The second-order valence-electron chi connectivity index (χ2n) is 8.72. The number of carboxylic acid groups (broad SMARTS) is 1. The monoisotopic (exact) mass is 425 g/mol. The summed E-state index contributed by atoms with van der Waals surface area (Å²) in [7, 11) is 0. The van der Waals surface area contributed by atoms with Gasteiger partial charge in [0.25, 0.3) is 0 Å². The van der Waals surface area contributed by atoms with Crippen molar-refractivity contribution in [3.8, 4) is 11.5 Å². The van der Waals surface area contributed by atoms with Gasteiger partial charge in [-0.1, -0.05) is 29.8 Å². The summed E-state index contributed by atoms with van der Waals surface area (Å²) in [4.78, 5) is 27.7. The first-order chi connectivity index (χ1) is 14.5. The standard InChI is InChI=1S/C24H24ClNO4/c25-16-7-8-20-18(12-16)22(27)24(19-5-1-2-6-21(19)30-20)10-9-17(13-24)26-11-3-4-15(14-26)23(28)29/h1-2,5-8,12,15,17H,3-4,9-11,13-14H2,(H,28,29)/t15-,17?,24?/m1/s1. The second kappa shape index (κ2) is 7.40. The number of para-hydroxylation sites is 1. The molecule has 1 saturated carbocycles. The van der Waals surface area contributed by atoms with Crippen molar-refractivity contribution in [3.63, 3.8) is 0 Å². The molecule has 2 aromatic rings. The number of carbonyl (C=O) groups is 2. The topological polar surface area (TPSA) is 66.8 Å². The molecule has 2 aromatic carbocycles. The van der Waals surface area contributed by atoms with E-state index in [4.69, 9.17) is 16.3 Å². The molecule has 2 fully saturated rings. The molecule has 2 heterocycles. The Hall–Kier alpha value is -2.37. The molecule has 1 N–H and O–H groups in total. The lowest BCUT2D eigenvalue weighted by Crippen LogP contribution is -2.45. The molecule has 0 aromatic heterocycles. The average Bonchev–Trinajstić information content (AvgIpc) is 3.18. The molecule has 5 nitrogen and oxygen atoms in total. The van der Waals surface area contributed by atoms with Crippen molar-refractivity contribution in [3.05, 3.63) is 58.6 Å². The minimum Gasteiger partial charge on any atom is -0.481 e. The number of piperidine rings is 1. The van der Waals surface area contributed by atoms with E-state index in [1.54, 1.807) is 18.2 Å². The van der Waals surface area contributed by atoms with Crippen LogP contribution >= 0.6 is 11.6 Å². The van der Waals surface area contributed by atoms with Gasteiger partial charge in [-0.05, 0) is 62.9 Å². The van der Waals surface area contributed by atoms with Crippen LogP contribution in [-0.4, -0.2) is 40.9 Å². The summed E-state index contributed by atoms with van der Waals surface area (Å²) in [5.74, 6) is 0.269. The van der Waals surface area contributed by atoms with Gasteiger partial charge < -0.3 is 9.84 Å². The molecule has 1 spiro atoms. The van der Waals surface area contributed by atoms with E-state index in [0.29, 0.717) is 29.3 Å². The number of benzene rings is 2. The van der Waals surface area contributed by atoms with Gasteiger partial charge in [-0.15, -0.1) is 0 Å². The fourth-order valence-corrected chi connectivity index (χ4v) is 5.71. The van der Waals surface area contributed by atoms with Crippen molar-refractivity contribution in [2.75, 3.05) is 13.1 Å². The third kappa shape index (κ3) is 3.12. The first-order valence-electron chi connectivity index (χ1n) is 10.6. The Balaban J connectivity index is 1.54. The lowest BCUT2D eigenvalue weighted by Gasteiger charge is -2.36. The van der Waals surface area contributed by atoms with Crippen molar-refractivity contribution in [2.24, 2.45) is 5.92 Å². The van der Waals surface area contributed by atoms with Crippen LogP contribution in [0.1, 0.15) is 48.0 Å². The highest BCUT2D eigenvalue weighted by Crippen LogP contribution is 2.52. The van der Waals surface area contributed by atoms with E-state index in [-0.39, 0.29) is 17.7 Å². The summed E-state index contributed by atoms with van der Waals surface area (Å²) in [5, 5.41) is 9.99. The van der Waals surface area contributed by atoms with E-state index in [9.17, 15) is 14.7 Å². The molecule has 5 rings (SSSR count). The van der Waals surface area contributed by atoms with Crippen LogP contribution < -0.4 is 4.74 Å². The predicted molar refractivity (Wildman–Crippen MR) is 114 cm³/mol. The zero-order chi connectivity index (χ0) is 20.9. The van der Waals surface area contributed by atoms with E-state index >= 15 is 0 Å². The maximum Gasteiger partial charge on any atom is 0.307 e. The number of likely N-dealkylation sites (tertiary alicyclic amines) is 1. The molecule has 0 bridgehead atoms. The lowest BCUT2D eigenvalue weighted by molar-refractivity contribution is -0.143. The quantitative estimate of drug-likeness (QED) is 0.740. The number of aliphatic carboxylic acids is 1. The fourth-order valence-electron chi connectivity index (χ4n) is 5.54. The van der Waals surface area contributed by atoms with Gasteiger partial charge in [0.15, 0.2) is 5.78 Å². The Bertz CT molecular complexity index is 1020. The molecular formula is C24H24ClNO4. The van der Waals surface area contributed by atoms with Crippen LogP contribution in [0.2, 0.25) is 5.02 Å². The van der Waals surface area contributed by atoms with Gasteiger partial charge in [0, 0.05) is 23.2 Å². The molecule has 2 aliphatic heterocycles. The molecule has 30 heavy (non-hydrogen) atoms. The average molecular weight is 426 g/mol.